The summed E-state index contributed by atoms with van der Waals surface area (Å²) >= 11 is 0. The van der Waals surface area contributed by atoms with Crippen LogP contribution in [0.15, 0.2) is 96.2 Å². The van der Waals surface area contributed by atoms with Crippen LogP contribution in [-0.4, -0.2) is 30.0 Å². The summed E-state index contributed by atoms with van der Waals surface area (Å²) in [5.41, 5.74) is 2.78. The van der Waals surface area contributed by atoms with Crippen molar-refractivity contribution in [2.75, 3.05) is 7.11 Å². The molecule has 2 aromatic heterocycles. The predicted molar refractivity (Wildman–Crippen MR) is 123 cm³/mol. The quantitative estimate of drug-likeness (QED) is 0.370. The van der Waals surface area contributed by atoms with Crippen molar-refractivity contribution in [2.24, 2.45) is 0 Å². The van der Waals surface area contributed by atoms with E-state index in [4.69, 9.17) is 4.74 Å². The Balaban J connectivity index is 1.67. The maximum atomic E-state index is 13.4. The lowest BCUT2D eigenvalue weighted by atomic mass is 10.1. The molecular weight excluding hydrogens is 424 g/mol. The first kappa shape index (κ1) is 20.1. The second-order valence-corrected chi connectivity index (χ2v) is 9.28. The molecule has 0 aliphatic heterocycles. The number of para-hydroxylation sites is 2. The number of nitrogens with zero attached hydrogens (tertiary/aromatic N) is 2. The van der Waals surface area contributed by atoms with E-state index in [1.54, 1.807) is 48.8 Å². The predicted octanol–water partition coefficient (Wildman–Crippen LogP) is 4.67. The van der Waals surface area contributed by atoms with Gasteiger partial charge in [-0.3, -0.25) is 0 Å². The van der Waals surface area contributed by atoms with Gasteiger partial charge in [0.15, 0.2) is 0 Å². The van der Waals surface area contributed by atoms with E-state index in [0.29, 0.717) is 17.6 Å². The second kappa shape index (κ2) is 7.69. The van der Waals surface area contributed by atoms with Crippen molar-refractivity contribution in [1.29, 1.82) is 0 Å². The van der Waals surface area contributed by atoms with Crippen LogP contribution < -0.4 is 0 Å². The van der Waals surface area contributed by atoms with Crippen LogP contribution in [0.1, 0.15) is 15.9 Å². The Kier molecular flexibility index (Phi) is 4.83. The SMILES string of the molecule is COC(=O)c1cn(Cc2cn(S(=O)(=O)c3ccccc3)c3ccccc23)c2ccccc12. The lowest BCUT2D eigenvalue weighted by molar-refractivity contribution is 0.0602. The zero-order valence-electron chi connectivity index (χ0n) is 17.3. The molecule has 0 radical (unpaired) electrons. The first-order chi connectivity index (χ1) is 15.5. The van der Waals surface area contributed by atoms with Crippen LogP contribution in [0.4, 0.5) is 0 Å². The summed E-state index contributed by atoms with van der Waals surface area (Å²) in [7, 11) is -2.40. The summed E-state index contributed by atoms with van der Waals surface area (Å²) in [6.45, 7) is 0.398. The molecule has 0 saturated heterocycles. The standard InChI is InChI=1S/C25H20N2O4S/c1-31-25(28)22-17-26(23-13-7-6-12-21(22)23)15-18-16-27(24-14-8-5-11-20(18)24)32(29,30)19-9-3-2-4-10-19/h2-14,16-17H,15H2,1H3. The average molecular weight is 445 g/mol. The molecule has 0 unspecified atom stereocenters. The van der Waals surface area contributed by atoms with Crippen molar-refractivity contribution < 1.29 is 17.9 Å². The highest BCUT2D eigenvalue weighted by molar-refractivity contribution is 7.90. The minimum Gasteiger partial charge on any atom is -0.465 e. The Bertz CT molecular complexity index is 1560. The molecule has 0 spiro atoms. The number of rotatable bonds is 5. The van der Waals surface area contributed by atoms with Crippen LogP contribution in [0.2, 0.25) is 0 Å². The van der Waals surface area contributed by atoms with E-state index < -0.39 is 16.0 Å². The maximum Gasteiger partial charge on any atom is 0.340 e. The average Bonchev–Trinajstić information content (AvgIpc) is 3.39. The minimum atomic E-state index is -3.76. The van der Waals surface area contributed by atoms with Gasteiger partial charge in [-0.25, -0.2) is 17.2 Å². The largest absolute Gasteiger partial charge is 0.465 e. The smallest absolute Gasteiger partial charge is 0.340 e. The van der Waals surface area contributed by atoms with Crippen molar-refractivity contribution in [2.45, 2.75) is 11.4 Å². The number of aromatic nitrogens is 2. The fourth-order valence-electron chi connectivity index (χ4n) is 4.08. The van der Waals surface area contributed by atoms with Gasteiger partial charge in [-0.2, -0.15) is 0 Å². The lowest BCUT2D eigenvalue weighted by Gasteiger charge is -2.07. The van der Waals surface area contributed by atoms with Crippen LogP contribution in [0.25, 0.3) is 21.8 Å². The number of carbonyl (C=O) groups excluding carboxylic acids is 1. The van der Waals surface area contributed by atoms with Gasteiger partial charge in [-0.1, -0.05) is 54.6 Å². The highest BCUT2D eigenvalue weighted by Gasteiger charge is 2.22. The van der Waals surface area contributed by atoms with Gasteiger partial charge < -0.3 is 9.30 Å². The second-order valence-electron chi connectivity index (χ2n) is 7.46. The molecule has 5 rings (SSSR count). The molecule has 2 heterocycles. The molecule has 0 N–H and O–H groups in total. The van der Waals surface area contributed by atoms with Crippen LogP contribution >= 0.6 is 0 Å². The third-order valence-corrected chi connectivity index (χ3v) is 7.28. The molecule has 5 aromatic rings. The fraction of sp³-hybridized carbons (Fsp3) is 0.0800. The van der Waals surface area contributed by atoms with Crippen molar-refractivity contribution in [3.05, 3.63) is 102 Å². The third-order valence-electron chi connectivity index (χ3n) is 5.60. The Morgan fingerprint density at radius 2 is 1.44 bits per heavy atom. The number of methoxy groups -OCH3 is 1. The molecule has 0 atom stereocenters. The number of hydrogen-bond donors (Lipinski definition) is 0. The normalized spacial score (nSPS) is 11.8. The summed E-state index contributed by atoms with van der Waals surface area (Å²) in [6.07, 6.45) is 3.42. The molecule has 3 aromatic carbocycles. The van der Waals surface area contributed by atoms with Crippen molar-refractivity contribution in [3.8, 4) is 0 Å². The molecule has 0 fully saturated rings. The molecule has 0 aliphatic rings. The van der Waals surface area contributed by atoms with Gasteiger partial charge in [0.2, 0.25) is 0 Å². The summed E-state index contributed by atoms with van der Waals surface area (Å²) in [5.74, 6) is -0.408. The van der Waals surface area contributed by atoms with Crippen LogP contribution in [0.5, 0.6) is 0 Å². The topological polar surface area (TPSA) is 70.3 Å². The number of hydrogen-bond acceptors (Lipinski definition) is 4. The van der Waals surface area contributed by atoms with E-state index >= 15 is 0 Å². The molecule has 160 valence electrons. The van der Waals surface area contributed by atoms with Crippen molar-refractivity contribution in [1.82, 2.24) is 8.54 Å². The Morgan fingerprint density at radius 1 is 0.812 bits per heavy atom. The van der Waals surface area contributed by atoms with Crippen molar-refractivity contribution in [3.63, 3.8) is 0 Å². The van der Waals surface area contributed by atoms with Gasteiger partial charge in [0.1, 0.15) is 0 Å². The number of benzene rings is 3. The van der Waals surface area contributed by atoms with E-state index in [2.05, 4.69) is 0 Å². The van der Waals surface area contributed by atoms with E-state index in [-0.39, 0.29) is 4.90 Å². The van der Waals surface area contributed by atoms with E-state index in [0.717, 1.165) is 21.9 Å². The van der Waals surface area contributed by atoms with Gasteiger partial charge in [0.25, 0.3) is 10.0 Å². The van der Waals surface area contributed by atoms with E-state index in [1.807, 2.05) is 47.0 Å². The fourth-order valence-corrected chi connectivity index (χ4v) is 5.49. The summed E-state index contributed by atoms with van der Waals surface area (Å²) in [6, 6.07) is 23.4. The molecule has 0 bridgehead atoms. The molecule has 0 amide bonds. The Morgan fingerprint density at radius 3 is 2.16 bits per heavy atom. The van der Waals surface area contributed by atoms with Gasteiger partial charge in [0.05, 0.1) is 23.1 Å². The number of esters is 1. The van der Waals surface area contributed by atoms with Crippen LogP contribution in [0, 0.1) is 0 Å². The third kappa shape index (κ3) is 3.18. The van der Waals surface area contributed by atoms with Gasteiger partial charge >= 0.3 is 5.97 Å². The molecular formula is C25H20N2O4S. The minimum absolute atomic E-state index is 0.228. The van der Waals surface area contributed by atoms with Crippen LogP contribution in [-0.2, 0) is 21.3 Å². The Labute approximate surface area is 185 Å². The molecule has 6 nitrogen and oxygen atoms in total. The number of carbonyl (C=O) groups is 1. The van der Waals surface area contributed by atoms with Crippen molar-refractivity contribution >= 4 is 37.8 Å². The summed E-state index contributed by atoms with van der Waals surface area (Å²) in [5, 5.41) is 1.63. The van der Waals surface area contributed by atoms with Gasteiger partial charge in [-0.15, -0.1) is 0 Å². The number of ether oxygens (including phenoxy) is 1. The summed E-state index contributed by atoms with van der Waals surface area (Å²) in [4.78, 5) is 12.5. The molecule has 0 aliphatic carbocycles. The highest BCUT2D eigenvalue weighted by Crippen LogP contribution is 2.29. The zero-order chi connectivity index (χ0) is 22.3. The first-order valence-corrected chi connectivity index (χ1v) is 11.5. The van der Waals surface area contributed by atoms with E-state index in [1.165, 1.54) is 11.1 Å². The highest BCUT2D eigenvalue weighted by atomic mass is 32.2. The molecule has 0 saturated carbocycles. The monoisotopic (exact) mass is 444 g/mol. The lowest BCUT2D eigenvalue weighted by Crippen LogP contribution is -2.11. The van der Waals surface area contributed by atoms with Crippen LogP contribution in [0.3, 0.4) is 0 Å². The summed E-state index contributed by atoms with van der Waals surface area (Å²) < 4.78 is 34.9. The van der Waals surface area contributed by atoms with Gasteiger partial charge in [-0.05, 0) is 29.8 Å². The van der Waals surface area contributed by atoms with E-state index in [9.17, 15) is 13.2 Å². The maximum absolute atomic E-state index is 13.4. The zero-order valence-corrected chi connectivity index (χ0v) is 18.1. The molecule has 32 heavy (non-hydrogen) atoms. The first-order valence-electron chi connectivity index (χ1n) is 10.1. The molecule has 7 heteroatoms. The Hall–Kier alpha value is -3.84. The number of fused-ring (bicyclic) bond motifs is 2. The van der Waals surface area contributed by atoms with Gasteiger partial charge in [0, 0.05) is 35.2 Å².